The summed E-state index contributed by atoms with van der Waals surface area (Å²) in [6.45, 7) is 0.234. The van der Waals surface area contributed by atoms with Gasteiger partial charge in [-0.2, -0.15) is 5.10 Å². The SMILES string of the molecule is COc1ccc(Cn2cc([N+](=O)[O-])c(C(=O)O)n2)cc1.[HH].[NaH]. The molecule has 2 rings (SSSR count). The third-order valence-electron chi connectivity index (χ3n) is 2.65. The molecular formula is C12H14N3NaO5. The normalized spacial score (nSPS) is 9.76. The van der Waals surface area contributed by atoms with Crippen LogP contribution in [0.4, 0.5) is 5.69 Å². The number of aromatic carboxylic acids is 1. The van der Waals surface area contributed by atoms with Crippen molar-refractivity contribution in [2.24, 2.45) is 0 Å². The first kappa shape index (κ1) is 17.2. The Labute approximate surface area is 143 Å². The van der Waals surface area contributed by atoms with Gasteiger partial charge in [0.25, 0.3) is 0 Å². The van der Waals surface area contributed by atoms with Crippen LogP contribution in [0.3, 0.4) is 0 Å². The van der Waals surface area contributed by atoms with Gasteiger partial charge in [0.15, 0.2) is 0 Å². The van der Waals surface area contributed by atoms with Crippen LogP contribution in [0.2, 0.25) is 0 Å². The van der Waals surface area contributed by atoms with E-state index in [0.29, 0.717) is 5.75 Å². The van der Waals surface area contributed by atoms with Crippen molar-refractivity contribution in [2.75, 3.05) is 7.11 Å². The van der Waals surface area contributed by atoms with Crippen LogP contribution in [0.15, 0.2) is 30.5 Å². The van der Waals surface area contributed by atoms with E-state index in [0.717, 1.165) is 11.8 Å². The van der Waals surface area contributed by atoms with Crippen LogP contribution in [0.25, 0.3) is 0 Å². The molecule has 0 saturated heterocycles. The topological polar surface area (TPSA) is 107 Å². The van der Waals surface area contributed by atoms with Crippen LogP contribution in [0, 0.1) is 10.1 Å². The fourth-order valence-electron chi connectivity index (χ4n) is 1.70. The van der Waals surface area contributed by atoms with E-state index < -0.39 is 22.3 Å². The number of aromatic nitrogens is 2. The van der Waals surface area contributed by atoms with Gasteiger partial charge in [0, 0.05) is 1.43 Å². The molecule has 0 aliphatic rings. The second-order valence-corrected chi connectivity index (χ2v) is 3.97. The molecule has 1 aromatic heterocycles. The maximum atomic E-state index is 10.9. The van der Waals surface area contributed by atoms with Gasteiger partial charge in [-0.05, 0) is 17.7 Å². The molecule has 0 spiro atoms. The molecule has 0 aliphatic carbocycles. The van der Waals surface area contributed by atoms with Crippen LogP contribution < -0.4 is 4.74 Å². The van der Waals surface area contributed by atoms with Gasteiger partial charge in [-0.1, -0.05) is 12.1 Å². The summed E-state index contributed by atoms with van der Waals surface area (Å²) in [6, 6.07) is 7.02. The minimum atomic E-state index is -1.43. The van der Waals surface area contributed by atoms with Gasteiger partial charge in [0.2, 0.25) is 5.69 Å². The Bertz CT molecular complexity index is 628. The Balaban J connectivity index is 0.00000220. The van der Waals surface area contributed by atoms with Gasteiger partial charge in [-0.15, -0.1) is 0 Å². The zero-order valence-electron chi connectivity index (χ0n) is 10.5. The number of carbonyl (C=O) groups is 1. The second kappa shape index (κ2) is 7.21. The van der Waals surface area contributed by atoms with Crippen molar-refractivity contribution in [1.29, 1.82) is 0 Å². The van der Waals surface area contributed by atoms with Crippen molar-refractivity contribution in [3.05, 3.63) is 51.8 Å². The molecule has 2 aromatic rings. The van der Waals surface area contributed by atoms with Crippen molar-refractivity contribution in [3.63, 3.8) is 0 Å². The summed E-state index contributed by atoms with van der Waals surface area (Å²) in [7, 11) is 1.55. The van der Waals surface area contributed by atoms with E-state index in [-0.39, 0.29) is 37.5 Å². The van der Waals surface area contributed by atoms with Gasteiger partial charge in [-0.25, -0.2) is 4.79 Å². The number of benzene rings is 1. The first-order valence-corrected chi connectivity index (χ1v) is 5.59. The average Bonchev–Trinajstić information content (AvgIpc) is 2.84. The third kappa shape index (κ3) is 4.03. The number of methoxy groups -OCH3 is 1. The average molecular weight is 303 g/mol. The molecule has 0 radical (unpaired) electrons. The van der Waals surface area contributed by atoms with E-state index in [2.05, 4.69) is 5.10 Å². The summed E-state index contributed by atoms with van der Waals surface area (Å²) >= 11 is 0. The molecule has 8 nitrogen and oxygen atoms in total. The summed E-state index contributed by atoms with van der Waals surface area (Å²) in [6.07, 6.45) is 1.10. The Hall–Kier alpha value is -1.90. The monoisotopic (exact) mass is 303 g/mol. The van der Waals surface area contributed by atoms with Gasteiger partial charge < -0.3 is 9.84 Å². The maximum absolute atomic E-state index is 10.9. The minimum absolute atomic E-state index is 0. The van der Waals surface area contributed by atoms with E-state index >= 15 is 0 Å². The van der Waals surface area contributed by atoms with Crippen molar-refractivity contribution >= 4 is 41.2 Å². The molecule has 0 amide bonds. The Morgan fingerprint density at radius 1 is 1.48 bits per heavy atom. The molecule has 1 N–H and O–H groups in total. The third-order valence-corrected chi connectivity index (χ3v) is 2.65. The van der Waals surface area contributed by atoms with Gasteiger partial charge in [0.1, 0.15) is 11.9 Å². The van der Waals surface area contributed by atoms with Gasteiger partial charge in [-0.3, -0.25) is 14.8 Å². The number of hydrogen-bond donors (Lipinski definition) is 1. The molecule has 0 aliphatic heterocycles. The van der Waals surface area contributed by atoms with Gasteiger partial charge in [0.05, 0.1) is 18.6 Å². The van der Waals surface area contributed by atoms with Crippen molar-refractivity contribution in [3.8, 4) is 5.75 Å². The number of carboxylic acids is 1. The summed E-state index contributed by atoms with van der Waals surface area (Å²) in [5.41, 5.74) is -0.269. The summed E-state index contributed by atoms with van der Waals surface area (Å²) in [5.74, 6) is -0.739. The molecule has 1 aromatic carbocycles. The number of carboxylic acid groups (broad SMARTS) is 1. The first-order chi connectivity index (χ1) is 9.51. The number of ether oxygens (including phenoxy) is 1. The number of nitro groups is 1. The van der Waals surface area contributed by atoms with E-state index in [1.54, 1.807) is 31.4 Å². The second-order valence-electron chi connectivity index (χ2n) is 3.97. The van der Waals surface area contributed by atoms with Crippen LogP contribution in [-0.4, -0.2) is 62.4 Å². The molecule has 0 saturated carbocycles. The summed E-state index contributed by atoms with van der Waals surface area (Å²) in [4.78, 5) is 20.9. The summed E-state index contributed by atoms with van der Waals surface area (Å²) < 4.78 is 6.24. The van der Waals surface area contributed by atoms with Crippen LogP contribution >= 0.6 is 0 Å². The molecule has 21 heavy (non-hydrogen) atoms. The molecule has 9 heteroatoms. The molecular weight excluding hydrogens is 289 g/mol. The summed E-state index contributed by atoms with van der Waals surface area (Å²) in [5, 5.41) is 23.3. The molecule has 0 fully saturated rings. The molecule has 108 valence electrons. The number of rotatable bonds is 5. The zero-order chi connectivity index (χ0) is 14.7. The fraction of sp³-hybridized carbons (Fsp3) is 0.167. The van der Waals surface area contributed by atoms with Crippen LogP contribution in [0.5, 0.6) is 5.75 Å². The standard InChI is InChI=1S/C12H11N3O5.Na.H2.H/c1-20-9-4-2-8(3-5-9)6-14-7-10(15(18)19)11(13-14)12(16)17;;;/h2-5,7H,6H2,1H3,(H,16,17);;1H;. The first-order valence-electron chi connectivity index (χ1n) is 5.59. The number of hydrogen-bond acceptors (Lipinski definition) is 5. The Morgan fingerprint density at radius 2 is 2.10 bits per heavy atom. The van der Waals surface area contributed by atoms with Gasteiger partial charge >= 0.3 is 41.2 Å². The Kier molecular flexibility index (Phi) is 5.89. The van der Waals surface area contributed by atoms with E-state index in [1.165, 1.54) is 4.68 Å². The van der Waals surface area contributed by atoms with Crippen molar-refractivity contribution < 1.29 is 21.0 Å². The predicted octanol–water partition coefficient (Wildman–Crippen LogP) is 1.14. The van der Waals surface area contributed by atoms with Crippen LogP contribution in [0.1, 0.15) is 17.5 Å². The molecule has 0 bridgehead atoms. The van der Waals surface area contributed by atoms with Crippen molar-refractivity contribution in [1.82, 2.24) is 9.78 Å². The molecule has 1 heterocycles. The van der Waals surface area contributed by atoms with Crippen LogP contribution in [-0.2, 0) is 6.54 Å². The zero-order valence-corrected chi connectivity index (χ0v) is 10.5. The quantitative estimate of drug-likeness (QED) is 0.504. The van der Waals surface area contributed by atoms with E-state index in [9.17, 15) is 14.9 Å². The number of nitrogens with zero attached hydrogens (tertiary/aromatic N) is 3. The predicted molar refractivity (Wildman–Crippen MR) is 77.2 cm³/mol. The fourth-order valence-corrected chi connectivity index (χ4v) is 1.70. The Morgan fingerprint density at radius 3 is 2.52 bits per heavy atom. The van der Waals surface area contributed by atoms with E-state index in [1.807, 2.05) is 0 Å². The van der Waals surface area contributed by atoms with E-state index in [4.69, 9.17) is 9.84 Å². The molecule has 0 unspecified atom stereocenters. The molecule has 0 atom stereocenters. The van der Waals surface area contributed by atoms with Crippen molar-refractivity contribution in [2.45, 2.75) is 6.54 Å².